The van der Waals surface area contributed by atoms with Crippen molar-refractivity contribution in [3.05, 3.63) is 33.8 Å². The second kappa shape index (κ2) is 7.13. The van der Waals surface area contributed by atoms with Gasteiger partial charge in [0.15, 0.2) is 0 Å². The molecule has 4 heteroatoms. The second-order valence-electron chi connectivity index (χ2n) is 3.97. The van der Waals surface area contributed by atoms with Crippen LogP contribution >= 0.6 is 23.2 Å². The van der Waals surface area contributed by atoms with Gasteiger partial charge in [0.25, 0.3) is 0 Å². The maximum absolute atomic E-state index is 5.91. The van der Waals surface area contributed by atoms with Gasteiger partial charge in [-0.3, -0.25) is 0 Å². The first-order valence-corrected chi connectivity index (χ1v) is 6.02. The molecule has 1 aromatic rings. The molecule has 0 aliphatic rings. The van der Waals surface area contributed by atoms with Gasteiger partial charge in [-0.05, 0) is 29.7 Å². The predicted molar refractivity (Wildman–Crippen MR) is 69.2 cm³/mol. The molecule has 16 heavy (non-hydrogen) atoms. The van der Waals surface area contributed by atoms with Gasteiger partial charge in [0.1, 0.15) is 0 Å². The number of ether oxygens (including phenoxy) is 1. The number of hydrogen-bond donors (Lipinski definition) is 1. The van der Waals surface area contributed by atoms with Crippen molar-refractivity contribution >= 4 is 23.2 Å². The minimum absolute atomic E-state index is 0.500. The molecule has 1 rings (SSSR count). The summed E-state index contributed by atoms with van der Waals surface area (Å²) >= 11 is 11.8. The van der Waals surface area contributed by atoms with Crippen molar-refractivity contribution in [2.45, 2.75) is 13.5 Å². The third-order valence-corrected chi connectivity index (χ3v) is 2.63. The summed E-state index contributed by atoms with van der Waals surface area (Å²) in [6, 6.07) is 5.57. The smallest absolute Gasteiger partial charge is 0.0499 e. The number of halogens is 2. The summed E-state index contributed by atoms with van der Waals surface area (Å²) in [7, 11) is 1.72. The fourth-order valence-corrected chi connectivity index (χ4v) is 2.09. The molecule has 0 aromatic heterocycles. The van der Waals surface area contributed by atoms with Crippen LogP contribution in [-0.4, -0.2) is 20.3 Å². The first-order valence-electron chi connectivity index (χ1n) is 5.26. The van der Waals surface area contributed by atoms with Crippen molar-refractivity contribution < 1.29 is 4.74 Å². The first-order chi connectivity index (χ1) is 7.61. The van der Waals surface area contributed by atoms with E-state index in [2.05, 4.69) is 12.2 Å². The van der Waals surface area contributed by atoms with Gasteiger partial charge in [-0.15, -0.1) is 0 Å². The van der Waals surface area contributed by atoms with E-state index in [0.29, 0.717) is 16.0 Å². The van der Waals surface area contributed by atoms with Gasteiger partial charge in [0, 0.05) is 36.9 Å². The molecule has 0 saturated carbocycles. The summed E-state index contributed by atoms with van der Waals surface area (Å²) in [5.41, 5.74) is 1.10. The molecular weight excluding hydrogens is 245 g/mol. The van der Waals surface area contributed by atoms with Gasteiger partial charge in [-0.25, -0.2) is 0 Å². The third-order valence-electron chi connectivity index (χ3n) is 2.20. The molecule has 0 heterocycles. The number of benzene rings is 1. The average molecular weight is 262 g/mol. The Bertz CT molecular complexity index is 311. The lowest BCUT2D eigenvalue weighted by Crippen LogP contribution is -2.23. The van der Waals surface area contributed by atoms with Crippen molar-refractivity contribution in [1.82, 2.24) is 5.32 Å². The lowest BCUT2D eigenvalue weighted by molar-refractivity contribution is 0.158. The molecule has 0 fully saturated rings. The van der Waals surface area contributed by atoms with Gasteiger partial charge < -0.3 is 10.1 Å². The topological polar surface area (TPSA) is 21.3 Å². The average Bonchev–Trinajstić information content (AvgIpc) is 2.16. The largest absolute Gasteiger partial charge is 0.384 e. The van der Waals surface area contributed by atoms with Crippen molar-refractivity contribution in [3.63, 3.8) is 0 Å². The Labute approximate surface area is 107 Å². The van der Waals surface area contributed by atoms with E-state index < -0.39 is 0 Å². The highest BCUT2D eigenvalue weighted by molar-refractivity contribution is 6.34. The Morgan fingerprint density at radius 1 is 1.25 bits per heavy atom. The van der Waals surface area contributed by atoms with Gasteiger partial charge in [-0.2, -0.15) is 0 Å². The standard InChI is InChI=1S/C12H17Cl2NO/c1-9(8-16-2)6-15-7-10-3-11(13)5-12(14)4-10/h3-5,9,15H,6-8H2,1-2H3. The van der Waals surface area contributed by atoms with Crippen LogP contribution in [0.15, 0.2) is 18.2 Å². The Hall–Kier alpha value is -0.280. The summed E-state index contributed by atoms with van der Waals surface area (Å²) in [5.74, 6) is 0.500. The molecule has 1 unspecified atom stereocenters. The number of rotatable bonds is 6. The molecule has 1 atom stereocenters. The summed E-state index contributed by atoms with van der Waals surface area (Å²) in [4.78, 5) is 0. The Morgan fingerprint density at radius 2 is 1.88 bits per heavy atom. The normalized spacial score (nSPS) is 12.8. The summed E-state index contributed by atoms with van der Waals surface area (Å²) in [6.07, 6.45) is 0. The molecule has 0 amide bonds. The fourth-order valence-electron chi connectivity index (χ4n) is 1.52. The maximum Gasteiger partial charge on any atom is 0.0499 e. The van der Waals surface area contributed by atoms with Crippen LogP contribution in [0.1, 0.15) is 12.5 Å². The molecule has 2 nitrogen and oxygen atoms in total. The zero-order chi connectivity index (χ0) is 12.0. The lowest BCUT2D eigenvalue weighted by Gasteiger charge is -2.11. The number of nitrogens with one attached hydrogen (secondary N) is 1. The van der Waals surface area contributed by atoms with Gasteiger partial charge in [0.05, 0.1) is 0 Å². The predicted octanol–water partition coefficient (Wildman–Crippen LogP) is 3.37. The molecule has 0 aliphatic carbocycles. The zero-order valence-electron chi connectivity index (χ0n) is 9.59. The van der Waals surface area contributed by atoms with Crippen LogP contribution in [0.4, 0.5) is 0 Å². The van der Waals surface area contributed by atoms with Crippen LogP contribution in [0.2, 0.25) is 10.0 Å². The SMILES string of the molecule is COCC(C)CNCc1cc(Cl)cc(Cl)c1. The summed E-state index contributed by atoms with van der Waals surface area (Å²) in [6.45, 7) is 4.59. The van der Waals surface area contributed by atoms with Crippen molar-refractivity contribution in [2.75, 3.05) is 20.3 Å². The molecule has 1 N–H and O–H groups in total. The highest BCUT2D eigenvalue weighted by Crippen LogP contribution is 2.18. The van der Waals surface area contributed by atoms with Gasteiger partial charge >= 0.3 is 0 Å². The van der Waals surface area contributed by atoms with E-state index in [4.69, 9.17) is 27.9 Å². The molecule has 0 radical (unpaired) electrons. The maximum atomic E-state index is 5.91. The molecule has 1 aromatic carbocycles. The third kappa shape index (κ3) is 5.17. The molecule has 0 saturated heterocycles. The molecular formula is C12H17Cl2NO. The summed E-state index contributed by atoms with van der Waals surface area (Å²) < 4.78 is 5.06. The van der Waals surface area contributed by atoms with Crippen LogP contribution < -0.4 is 5.32 Å². The Morgan fingerprint density at radius 3 is 2.44 bits per heavy atom. The first kappa shape index (κ1) is 13.8. The Balaban J connectivity index is 2.37. The molecule has 0 bridgehead atoms. The Kier molecular flexibility index (Phi) is 6.14. The zero-order valence-corrected chi connectivity index (χ0v) is 11.1. The van der Waals surface area contributed by atoms with Crippen LogP contribution in [0.25, 0.3) is 0 Å². The number of hydrogen-bond acceptors (Lipinski definition) is 2. The van der Waals surface area contributed by atoms with E-state index in [1.807, 2.05) is 12.1 Å². The number of methoxy groups -OCH3 is 1. The van der Waals surface area contributed by atoms with Crippen molar-refractivity contribution in [1.29, 1.82) is 0 Å². The quantitative estimate of drug-likeness (QED) is 0.848. The van der Waals surface area contributed by atoms with E-state index in [1.165, 1.54) is 0 Å². The van der Waals surface area contributed by atoms with Crippen molar-refractivity contribution in [3.8, 4) is 0 Å². The van der Waals surface area contributed by atoms with Crippen molar-refractivity contribution in [2.24, 2.45) is 5.92 Å². The minimum Gasteiger partial charge on any atom is -0.384 e. The van der Waals surface area contributed by atoms with E-state index in [0.717, 1.165) is 25.3 Å². The monoisotopic (exact) mass is 261 g/mol. The van der Waals surface area contributed by atoms with E-state index in [1.54, 1.807) is 13.2 Å². The van der Waals surface area contributed by atoms with E-state index in [9.17, 15) is 0 Å². The summed E-state index contributed by atoms with van der Waals surface area (Å²) in [5, 5.41) is 4.69. The minimum atomic E-state index is 0.500. The van der Waals surface area contributed by atoms with Crippen LogP contribution in [0, 0.1) is 5.92 Å². The fraction of sp³-hybridized carbons (Fsp3) is 0.500. The molecule has 90 valence electrons. The highest BCUT2D eigenvalue weighted by Gasteiger charge is 2.02. The second-order valence-corrected chi connectivity index (χ2v) is 4.84. The van der Waals surface area contributed by atoms with Crippen LogP contribution in [0.3, 0.4) is 0 Å². The highest BCUT2D eigenvalue weighted by atomic mass is 35.5. The molecule has 0 aliphatic heterocycles. The van der Waals surface area contributed by atoms with Crippen LogP contribution in [0.5, 0.6) is 0 Å². The van der Waals surface area contributed by atoms with Gasteiger partial charge in [-0.1, -0.05) is 30.1 Å². The van der Waals surface area contributed by atoms with Gasteiger partial charge in [0.2, 0.25) is 0 Å². The van der Waals surface area contributed by atoms with Crippen LogP contribution in [-0.2, 0) is 11.3 Å². The van der Waals surface area contributed by atoms with E-state index in [-0.39, 0.29) is 0 Å². The molecule has 0 spiro atoms. The van der Waals surface area contributed by atoms with E-state index >= 15 is 0 Å². The lowest BCUT2D eigenvalue weighted by atomic mass is 10.2.